The van der Waals surface area contributed by atoms with Gasteiger partial charge in [-0.05, 0) is 30.7 Å². The van der Waals surface area contributed by atoms with Gasteiger partial charge in [0.1, 0.15) is 4.83 Å². The van der Waals surface area contributed by atoms with Crippen LogP contribution in [0, 0.1) is 0 Å². The highest BCUT2D eigenvalue weighted by molar-refractivity contribution is 7.16. The Hall–Kier alpha value is -1.73. The molecule has 2 aromatic rings. The molecule has 1 amide bonds. The molecule has 2 atom stereocenters. The largest absolute Gasteiger partial charge is 0.374 e. The second-order valence-corrected chi connectivity index (χ2v) is 7.02. The van der Waals surface area contributed by atoms with Gasteiger partial charge in [-0.3, -0.25) is 14.2 Å². The smallest absolute Gasteiger partial charge is 0.262 e. The highest BCUT2D eigenvalue weighted by Gasteiger charge is 2.38. The second kappa shape index (κ2) is 6.05. The van der Waals surface area contributed by atoms with E-state index in [1.807, 2.05) is 10.3 Å². The molecule has 6 nitrogen and oxygen atoms in total. The summed E-state index contributed by atoms with van der Waals surface area (Å²) in [6.45, 7) is 1.66. The van der Waals surface area contributed by atoms with Crippen LogP contribution in [0.25, 0.3) is 10.2 Å². The summed E-state index contributed by atoms with van der Waals surface area (Å²) < 4.78 is 7.29. The first-order valence-corrected chi connectivity index (χ1v) is 8.96. The molecule has 0 unspecified atom stereocenters. The third-order valence-corrected chi connectivity index (χ3v) is 5.64. The van der Waals surface area contributed by atoms with Crippen molar-refractivity contribution < 1.29 is 9.53 Å². The summed E-state index contributed by atoms with van der Waals surface area (Å²) >= 11 is 1.45. The number of hydrogen-bond donors (Lipinski definition) is 0. The molecule has 0 bridgehead atoms. The van der Waals surface area contributed by atoms with E-state index >= 15 is 0 Å². The maximum absolute atomic E-state index is 12.6. The average molecular weight is 333 g/mol. The zero-order valence-electron chi connectivity index (χ0n) is 12.8. The first-order chi connectivity index (χ1) is 11.2. The lowest BCUT2D eigenvalue weighted by Gasteiger charge is -2.37. The monoisotopic (exact) mass is 333 g/mol. The minimum atomic E-state index is -0.0650. The molecule has 2 fully saturated rings. The first-order valence-electron chi connectivity index (χ1n) is 8.08. The van der Waals surface area contributed by atoms with Crippen molar-refractivity contribution in [3.63, 3.8) is 0 Å². The Morgan fingerprint density at radius 2 is 2.35 bits per heavy atom. The summed E-state index contributed by atoms with van der Waals surface area (Å²) in [5.41, 5.74) is -0.0650. The maximum atomic E-state index is 12.6. The lowest BCUT2D eigenvalue weighted by atomic mass is 10.1. The molecule has 7 heteroatoms. The minimum Gasteiger partial charge on any atom is -0.374 e. The number of thiophene rings is 1. The van der Waals surface area contributed by atoms with Gasteiger partial charge in [-0.1, -0.05) is 0 Å². The molecule has 122 valence electrons. The molecule has 0 radical (unpaired) electrons. The van der Waals surface area contributed by atoms with Gasteiger partial charge < -0.3 is 9.64 Å². The minimum absolute atomic E-state index is 0.0650. The van der Waals surface area contributed by atoms with E-state index in [0.717, 1.165) is 24.1 Å². The van der Waals surface area contributed by atoms with Crippen molar-refractivity contribution >= 4 is 27.5 Å². The Labute approximate surface area is 137 Å². The summed E-state index contributed by atoms with van der Waals surface area (Å²) in [5, 5.41) is 2.50. The Kier molecular flexibility index (Phi) is 3.90. The number of nitrogens with zero attached hydrogens (tertiary/aromatic N) is 3. The molecule has 0 spiro atoms. The van der Waals surface area contributed by atoms with Gasteiger partial charge >= 0.3 is 0 Å². The molecule has 0 N–H and O–H groups in total. The maximum Gasteiger partial charge on any atom is 0.262 e. The van der Waals surface area contributed by atoms with Gasteiger partial charge in [0.2, 0.25) is 5.91 Å². The number of ether oxygens (including phenoxy) is 1. The van der Waals surface area contributed by atoms with E-state index in [9.17, 15) is 9.59 Å². The van der Waals surface area contributed by atoms with Crippen LogP contribution in [0.3, 0.4) is 0 Å². The Bertz CT molecular complexity index is 784. The predicted molar refractivity (Wildman–Crippen MR) is 87.6 cm³/mol. The quantitative estimate of drug-likeness (QED) is 0.856. The van der Waals surface area contributed by atoms with E-state index in [-0.39, 0.29) is 23.6 Å². The van der Waals surface area contributed by atoms with E-state index in [0.29, 0.717) is 31.5 Å². The SMILES string of the molecule is O=C(CCn1cnc2sccc2c1=O)N1CCO[C@@H]2CCC[C@H]21. The lowest BCUT2D eigenvalue weighted by Crippen LogP contribution is -2.51. The van der Waals surface area contributed by atoms with Crippen molar-refractivity contribution in [3.8, 4) is 0 Å². The van der Waals surface area contributed by atoms with E-state index in [1.165, 1.54) is 11.3 Å². The highest BCUT2D eigenvalue weighted by atomic mass is 32.1. The van der Waals surface area contributed by atoms with Crippen molar-refractivity contribution in [2.75, 3.05) is 13.2 Å². The second-order valence-electron chi connectivity index (χ2n) is 6.13. The first kappa shape index (κ1) is 14.8. The zero-order chi connectivity index (χ0) is 15.8. The van der Waals surface area contributed by atoms with Crippen molar-refractivity contribution in [2.45, 2.75) is 44.4 Å². The van der Waals surface area contributed by atoms with E-state index < -0.39 is 0 Å². The molecule has 2 aromatic heterocycles. The van der Waals surface area contributed by atoms with Gasteiger partial charge in [-0.15, -0.1) is 11.3 Å². The summed E-state index contributed by atoms with van der Waals surface area (Å²) in [4.78, 5) is 31.9. The highest BCUT2D eigenvalue weighted by Crippen LogP contribution is 2.30. The van der Waals surface area contributed by atoms with Gasteiger partial charge in [-0.2, -0.15) is 0 Å². The fraction of sp³-hybridized carbons (Fsp3) is 0.562. The third kappa shape index (κ3) is 2.68. The van der Waals surface area contributed by atoms with Crippen LogP contribution in [0.1, 0.15) is 25.7 Å². The number of aromatic nitrogens is 2. The molecule has 2 aliphatic rings. The predicted octanol–water partition coefficient (Wildman–Crippen LogP) is 1.63. The van der Waals surface area contributed by atoms with Crippen molar-refractivity contribution in [2.24, 2.45) is 0 Å². The summed E-state index contributed by atoms with van der Waals surface area (Å²) in [6, 6.07) is 2.02. The number of amides is 1. The number of carbonyl (C=O) groups is 1. The Morgan fingerprint density at radius 3 is 3.26 bits per heavy atom. The number of morpholine rings is 1. The van der Waals surface area contributed by atoms with Crippen molar-refractivity contribution in [1.82, 2.24) is 14.5 Å². The fourth-order valence-corrected chi connectivity index (χ4v) is 4.37. The standard InChI is InChI=1S/C16H19N3O3S/c20-14(19-7-8-22-13-3-1-2-12(13)19)4-6-18-10-17-15-11(16(18)21)5-9-23-15/h5,9-10,12-13H,1-4,6-8H2/t12-,13-/m1/s1. The summed E-state index contributed by atoms with van der Waals surface area (Å²) in [6.07, 6.45) is 5.29. The number of aryl methyl sites for hydroxylation is 1. The van der Waals surface area contributed by atoms with Crippen LogP contribution < -0.4 is 5.56 Å². The Morgan fingerprint density at radius 1 is 1.43 bits per heavy atom. The van der Waals surface area contributed by atoms with Crippen LogP contribution in [0.15, 0.2) is 22.6 Å². The van der Waals surface area contributed by atoms with Gasteiger partial charge in [0, 0.05) is 19.5 Å². The summed E-state index contributed by atoms with van der Waals surface area (Å²) in [5.74, 6) is 0.113. The lowest BCUT2D eigenvalue weighted by molar-refractivity contribution is -0.144. The molecular weight excluding hydrogens is 314 g/mol. The van der Waals surface area contributed by atoms with Crippen LogP contribution in [0.4, 0.5) is 0 Å². The molecule has 1 saturated heterocycles. The van der Waals surface area contributed by atoms with Crippen LogP contribution >= 0.6 is 11.3 Å². The molecule has 1 aliphatic heterocycles. The zero-order valence-corrected chi connectivity index (χ0v) is 13.6. The number of rotatable bonds is 3. The number of fused-ring (bicyclic) bond motifs is 2. The third-order valence-electron chi connectivity index (χ3n) is 4.82. The molecular formula is C16H19N3O3S. The van der Waals surface area contributed by atoms with Crippen LogP contribution in [-0.4, -0.2) is 45.7 Å². The van der Waals surface area contributed by atoms with Crippen molar-refractivity contribution in [1.29, 1.82) is 0 Å². The Balaban J connectivity index is 1.46. The van der Waals surface area contributed by atoms with E-state index in [1.54, 1.807) is 17.0 Å². The molecule has 23 heavy (non-hydrogen) atoms. The van der Waals surface area contributed by atoms with Gasteiger partial charge in [0.15, 0.2) is 0 Å². The van der Waals surface area contributed by atoms with Gasteiger partial charge in [-0.25, -0.2) is 4.98 Å². The fourth-order valence-electron chi connectivity index (χ4n) is 3.65. The molecule has 4 rings (SSSR count). The van der Waals surface area contributed by atoms with Crippen LogP contribution in [-0.2, 0) is 16.1 Å². The number of hydrogen-bond acceptors (Lipinski definition) is 5. The number of carbonyl (C=O) groups excluding carboxylic acids is 1. The molecule has 1 aliphatic carbocycles. The van der Waals surface area contributed by atoms with E-state index in [2.05, 4.69) is 4.98 Å². The van der Waals surface area contributed by atoms with E-state index in [4.69, 9.17) is 4.74 Å². The molecule has 0 aromatic carbocycles. The van der Waals surface area contributed by atoms with Gasteiger partial charge in [0.25, 0.3) is 5.56 Å². The molecule has 1 saturated carbocycles. The topological polar surface area (TPSA) is 64.4 Å². The molecule has 3 heterocycles. The average Bonchev–Trinajstić information content (AvgIpc) is 3.22. The van der Waals surface area contributed by atoms with Crippen LogP contribution in [0.2, 0.25) is 0 Å². The van der Waals surface area contributed by atoms with Gasteiger partial charge in [0.05, 0.1) is 30.5 Å². The normalized spacial score (nSPS) is 24.1. The summed E-state index contributed by atoms with van der Waals surface area (Å²) in [7, 11) is 0. The van der Waals surface area contributed by atoms with Crippen LogP contribution in [0.5, 0.6) is 0 Å². The van der Waals surface area contributed by atoms with Crippen molar-refractivity contribution in [3.05, 3.63) is 28.1 Å².